The van der Waals surface area contributed by atoms with Crippen LogP contribution in [0.2, 0.25) is 0 Å². The zero-order valence-electron chi connectivity index (χ0n) is 14.1. The Morgan fingerprint density at radius 3 is 2.84 bits per heavy atom. The van der Waals surface area contributed by atoms with E-state index in [2.05, 4.69) is 5.32 Å². The highest BCUT2D eigenvalue weighted by molar-refractivity contribution is 6.03. The molecule has 130 valence electrons. The molecule has 1 heterocycles. The van der Waals surface area contributed by atoms with Crippen LogP contribution in [0.15, 0.2) is 42.5 Å². The first-order chi connectivity index (χ1) is 12.0. The summed E-state index contributed by atoms with van der Waals surface area (Å²) in [5.74, 6) is -0.659. The predicted octanol–water partition coefficient (Wildman–Crippen LogP) is 3.13. The second-order valence-corrected chi connectivity index (χ2v) is 6.06. The number of aryl methyl sites for hydroxylation is 1. The van der Waals surface area contributed by atoms with Crippen LogP contribution in [0.1, 0.15) is 12.0 Å². The third kappa shape index (κ3) is 3.63. The van der Waals surface area contributed by atoms with Gasteiger partial charge >= 0.3 is 0 Å². The lowest BCUT2D eigenvalue weighted by molar-refractivity contribution is -0.122. The molecule has 0 saturated carbocycles. The Balaban J connectivity index is 1.73. The number of hydrogen-bond acceptors (Lipinski definition) is 3. The van der Waals surface area contributed by atoms with Gasteiger partial charge in [0.1, 0.15) is 11.6 Å². The molecule has 1 N–H and O–H groups in total. The molecule has 1 fully saturated rings. The van der Waals surface area contributed by atoms with E-state index in [1.807, 2.05) is 0 Å². The van der Waals surface area contributed by atoms with Gasteiger partial charge in [-0.1, -0.05) is 12.1 Å². The van der Waals surface area contributed by atoms with E-state index < -0.39 is 11.7 Å². The van der Waals surface area contributed by atoms with E-state index >= 15 is 0 Å². The number of carbonyl (C=O) groups is 2. The summed E-state index contributed by atoms with van der Waals surface area (Å²) in [5.41, 5.74) is 1.89. The highest BCUT2D eigenvalue weighted by atomic mass is 19.1. The van der Waals surface area contributed by atoms with Gasteiger partial charge in [0.05, 0.1) is 13.0 Å². The SMILES string of the molecule is COc1cccc(N2CC(C(=O)Nc3cc(F)ccc3C)CC2=O)c1. The first-order valence-electron chi connectivity index (χ1n) is 7.99. The van der Waals surface area contributed by atoms with E-state index in [9.17, 15) is 14.0 Å². The number of ether oxygens (including phenoxy) is 1. The van der Waals surface area contributed by atoms with Crippen LogP contribution < -0.4 is 15.0 Å². The molecule has 3 rings (SSSR count). The Morgan fingerprint density at radius 1 is 1.28 bits per heavy atom. The standard InChI is InChI=1S/C19H19FN2O3/c1-12-6-7-14(20)9-17(12)21-19(24)13-8-18(23)22(11-13)15-4-3-5-16(10-15)25-2/h3-7,9-10,13H,8,11H2,1-2H3,(H,21,24). The second kappa shape index (κ2) is 6.93. The van der Waals surface area contributed by atoms with Crippen molar-refractivity contribution in [3.05, 3.63) is 53.8 Å². The van der Waals surface area contributed by atoms with Gasteiger partial charge < -0.3 is 15.0 Å². The topological polar surface area (TPSA) is 58.6 Å². The number of amides is 2. The lowest BCUT2D eigenvalue weighted by atomic mass is 10.1. The highest BCUT2D eigenvalue weighted by Crippen LogP contribution is 2.29. The van der Waals surface area contributed by atoms with Crippen LogP contribution in [0.3, 0.4) is 0 Å². The number of rotatable bonds is 4. The number of nitrogens with one attached hydrogen (secondary N) is 1. The molecule has 2 amide bonds. The summed E-state index contributed by atoms with van der Waals surface area (Å²) in [5, 5.41) is 2.73. The van der Waals surface area contributed by atoms with E-state index in [0.717, 1.165) is 5.56 Å². The fourth-order valence-corrected chi connectivity index (χ4v) is 2.87. The molecule has 0 spiro atoms. The number of hydrogen-bond donors (Lipinski definition) is 1. The number of carbonyl (C=O) groups excluding carboxylic acids is 2. The molecule has 1 aliphatic rings. The fraction of sp³-hybridized carbons (Fsp3) is 0.263. The van der Waals surface area contributed by atoms with Crippen LogP contribution in [0.4, 0.5) is 15.8 Å². The van der Waals surface area contributed by atoms with Crippen molar-refractivity contribution in [2.75, 3.05) is 23.9 Å². The molecule has 1 saturated heterocycles. The van der Waals surface area contributed by atoms with Crippen LogP contribution in [0, 0.1) is 18.7 Å². The van der Waals surface area contributed by atoms with E-state index in [-0.39, 0.29) is 24.8 Å². The molecular weight excluding hydrogens is 323 g/mol. The Kier molecular flexibility index (Phi) is 4.70. The van der Waals surface area contributed by atoms with Gasteiger partial charge in [-0.3, -0.25) is 9.59 Å². The molecule has 5 nitrogen and oxygen atoms in total. The zero-order chi connectivity index (χ0) is 18.0. The number of benzene rings is 2. The molecule has 6 heteroatoms. The lowest BCUT2D eigenvalue weighted by Gasteiger charge is -2.17. The van der Waals surface area contributed by atoms with Crippen LogP contribution in [0.5, 0.6) is 5.75 Å². The van der Waals surface area contributed by atoms with Gasteiger partial charge in [-0.2, -0.15) is 0 Å². The van der Waals surface area contributed by atoms with Crippen molar-refractivity contribution in [1.82, 2.24) is 0 Å². The van der Waals surface area contributed by atoms with E-state index in [4.69, 9.17) is 4.74 Å². The maximum absolute atomic E-state index is 13.4. The van der Waals surface area contributed by atoms with Crippen LogP contribution >= 0.6 is 0 Å². The molecule has 1 atom stereocenters. The van der Waals surface area contributed by atoms with Gasteiger partial charge in [0, 0.05) is 30.4 Å². The molecule has 2 aromatic rings. The van der Waals surface area contributed by atoms with E-state index in [0.29, 0.717) is 17.1 Å². The van der Waals surface area contributed by atoms with Crippen molar-refractivity contribution in [3.63, 3.8) is 0 Å². The highest BCUT2D eigenvalue weighted by Gasteiger charge is 2.35. The number of methoxy groups -OCH3 is 1. The minimum absolute atomic E-state index is 0.121. The minimum Gasteiger partial charge on any atom is -0.497 e. The molecule has 2 aromatic carbocycles. The summed E-state index contributed by atoms with van der Waals surface area (Å²) in [6, 6.07) is 11.4. The van der Waals surface area contributed by atoms with Gasteiger partial charge in [-0.15, -0.1) is 0 Å². The van der Waals surface area contributed by atoms with Gasteiger partial charge in [-0.25, -0.2) is 4.39 Å². The first kappa shape index (κ1) is 17.0. The molecule has 0 radical (unpaired) electrons. The smallest absolute Gasteiger partial charge is 0.229 e. The number of halogens is 1. The fourth-order valence-electron chi connectivity index (χ4n) is 2.87. The largest absolute Gasteiger partial charge is 0.497 e. The van der Waals surface area contributed by atoms with Crippen molar-refractivity contribution < 1.29 is 18.7 Å². The Labute approximate surface area is 145 Å². The number of anilines is 2. The van der Waals surface area contributed by atoms with Gasteiger partial charge in [0.2, 0.25) is 11.8 Å². The van der Waals surface area contributed by atoms with Gasteiger partial charge in [-0.05, 0) is 36.8 Å². The Hall–Kier alpha value is -2.89. The van der Waals surface area contributed by atoms with Gasteiger partial charge in [0.25, 0.3) is 0 Å². The zero-order valence-corrected chi connectivity index (χ0v) is 14.1. The van der Waals surface area contributed by atoms with Crippen molar-refractivity contribution in [2.45, 2.75) is 13.3 Å². The first-order valence-corrected chi connectivity index (χ1v) is 7.99. The van der Waals surface area contributed by atoms with E-state index in [1.165, 1.54) is 12.1 Å². The lowest BCUT2D eigenvalue weighted by Crippen LogP contribution is -2.28. The third-order valence-electron chi connectivity index (χ3n) is 4.32. The summed E-state index contributed by atoms with van der Waals surface area (Å²) in [7, 11) is 1.56. The Morgan fingerprint density at radius 2 is 2.08 bits per heavy atom. The maximum atomic E-state index is 13.4. The summed E-state index contributed by atoms with van der Waals surface area (Å²) < 4.78 is 18.5. The Bertz CT molecular complexity index is 822. The molecule has 0 bridgehead atoms. The van der Waals surface area contributed by atoms with Crippen LogP contribution in [0.25, 0.3) is 0 Å². The molecule has 25 heavy (non-hydrogen) atoms. The van der Waals surface area contributed by atoms with Crippen molar-refractivity contribution in [3.8, 4) is 5.75 Å². The predicted molar refractivity (Wildman–Crippen MR) is 93.2 cm³/mol. The van der Waals surface area contributed by atoms with Gasteiger partial charge in [0.15, 0.2) is 0 Å². The normalized spacial score (nSPS) is 16.8. The molecule has 1 unspecified atom stereocenters. The summed E-state index contributed by atoms with van der Waals surface area (Å²) in [6.07, 6.45) is 0.122. The van der Waals surface area contributed by atoms with Crippen LogP contribution in [-0.2, 0) is 9.59 Å². The van der Waals surface area contributed by atoms with Crippen molar-refractivity contribution in [2.24, 2.45) is 5.92 Å². The van der Waals surface area contributed by atoms with E-state index in [1.54, 1.807) is 49.3 Å². The van der Waals surface area contributed by atoms with Crippen molar-refractivity contribution >= 4 is 23.2 Å². The van der Waals surface area contributed by atoms with Crippen molar-refractivity contribution in [1.29, 1.82) is 0 Å². The summed E-state index contributed by atoms with van der Waals surface area (Å²) in [6.45, 7) is 2.07. The monoisotopic (exact) mass is 342 g/mol. The molecule has 1 aliphatic heterocycles. The average Bonchev–Trinajstić information content (AvgIpc) is 3.00. The molecule has 0 aliphatic carbocycles. The minimum atomic E-state index is -0.485. The summed E-state index contributed by atoms with van der Waals surface area (Å²) in [4.78, 5) is 26.4. The molecule has 0 aromatic heterocycles. The quantitative estimate of drug-likeness (QED) is 0.929. The molecular formula is C19H19FN2O3. The maximum Gasteiger partial charge on any atom is 0.229 e. The summed E-state index contributed by atoms with van der Waals surface area (Å²) >= 11 is 0. The number of nitrogens with zero attached hydrogens (tertiary/aromatic N) is 1. The third-order valence-corrected chi connectivity index (χ3v) is 4.32. The average molecular weight is 342 g/mol. The second-order valence-electron chi connectivity index (χ2n) is 6.06. The van der Waals surface area contributed by atoms with Crippen LogP contribution in [-0.4, -0.2) is 25.5 Å².